The minimum atomic E-state index is -0.754. The molecule has 0 bridgehead atoms. The smallest absolute Gasteiger partial charge is 0.345 e. The van der Waals surface area contributed by atoms with Crippen LogP contribution in [0.2, 0.25) is 0 Å². The van der Waals surface area contributed by atoms with E-state index >= 15 is 0 Å². The van der Waals surface area contributed by atoms with Gasteiger partial charge < -0.3 is 10.1 Å². The summed E-state index contributed by atoms with van der Waals surface area (Å²) in [5.41, 5.74) is -0.153. The van der Waals surface area contributed by atoms with Gasteiger partial charge in [0, 0.05) is 11.1 Å². The Morgan fingerprint density at radius 3 is 2.68 bits per heavy atom. The maximum atomic E-state index is 12.7. The lowest BCUT2D eigenvalue weighted by Crippen LogP contribution is -2.33. The van der Waals surface area contributed by atoms with Gasteiger partial charge in [-0.05, 0) is 24.6 Å². The highest BCUT2D eigenvalue weighted by molar-refractivity contribution is 7.98. The first-order chi connectivity index (χ1) is 13.5. The fourth-order valence-electron chi connectivity index (χ4n) is 2.80. The molecule has 0 saturated carbocycles. The third kappa shape index (κ3) is 4.07. The lowest BCUT2D eigenvalue weighted by molar-refractivity contribution is -0.116. The molecule has 0 aliphatic rings. The number of nitrogens with zero attached hydrogens (tertiary/aromatic N) is 2. The van der Waals surface area contributed by atoms with Crippen LogP contribution in [0, 0.1) is 0 Å². The summed E-state index contributed by atoms with van der Waals surface area (Å²) in [5, 5.41) is 5.06. The second kappa shape index (κ2) is 8.71. The molecule has 3 rings (SSSR count). The lowest BCUT2D eigenvalue weighted by Gasteiger charge is -2.13. The predicted octanol–water partition coefficient (Wildman–Crippen LogP) is 2.93. The van der Waals surface area contributed by atoms with Gasteiger partial charge in [0.1, 0.15) is 12.1 Å². The van der Waals surface area contributed by atoms with Crippen LogP contribution in [0.1, 0.15) is 17.3 Å². The van der Waals surface area contributed by atoms with Gasteiger partial charge in [-0.3, -0.25) is 14.2 Å². The number of amides is 1. The summed E-state index contributed by atoms with van der Waals surface area (Å²) in [5.74, 6) is -1.15. The van der Waals surface area contributed by atoms with E-state index in [0.29, 0.717) is 10.8 Å². The zero-order chi connectivity index (χ0) is 20.1. The number of carbonyl (C=O) groups is 2. The summed E-state index contributed by atoms with van der Waals surface area (Å²) in [4.78, 5) is 41.4. The topological polar surface area (TPSA) is 90.3 Å². The Balaban J connectivity index is 1.90. The number of benzene rings is 2. The molecule has 8 heteroatoms. The van der Waals surface area contributed by atoms with Crippen molar-refractivity contribution in [2.24, 2.45) is 0 Å². The number of nitrogens with one attached hydrogen (secondary N) is 1. The van der Waals surface area contributed by atoms with Crippen LogP contribution in [0.25, 0.3) is 10.8 Å². The summed E-state index contributed by atoms with van der Waals surface area (Å²) in [6.45, 7) is 1.53. The number of fused-ring (bicyclic) bond motifs is 1. The van der Waals surface area contributed by atoms with Crippen LogP contribution in [0.4, 0.5) is 5.69 Å². The maximum absolute atomic E-state index is 12.7. The minimum Gasteiger partial charge on any atom is -0.462 e. The second-order valence-electron chi connectivity index (χ2n) is 5.85. The molecule has 0 aliphatic carbocycles. The van der Waals surface area contributed by atoms with Gasteiger partial charge in [0.05, 0.1) is 12.8 Å². The van der Waals surface area contributed by atoms with Gasteiger partial charge in [-0.1, -0.05) is 48.2 Å². The van der Waals surface area contributed by atoms with Crippen LogP contribution < -0.4 is 10.9 Å². The Morgan fingerprint density at radius 1 is 1.18 bits per heavy atom. The van der Waals surface area contributed by atoms with Crippen LogP contribution in [0.3, 0.4) is 0 Å². The van der Waals surface area contributed by atoms with Crippen LogP contribution in [0.5, 0.6) is 0 Å². The maximum Gasteiger partial charge on any atom is 0.345 e. The Bertz CT molecular complexity index is 1090. The van der Waals surface area contributed by atoms with Crippen LogP contribution in [-0.4, -0.2) is 34.3 Å². The first kappa shape index (κ1) is 19.6. The number of esters is 1. The Morgan fingerprint density at radius 2 is 1.93 bits per heavy atom. The zero-order valence-corrected chi connectivity index (χ0v) is 16.3. The first-order valence-corrected chi connectivity index (χ1v) is 9.86. The first-order valence-electron chi connectivity index (χ1n) is 8.63. The fraction of sp³-hybridized carbons (Fsp3) is 0.200. The molecule has 0 saturated heterocycles. The molecule has 144 valence electrons. The molecular formula is C20H19N3O4S. The van der Waals surface area contributed by atoms with E-state index in [1.165, 1.54) is 22.5 Å². The summed E-state index contributed by atoms with van der Waals surface area (Å²) in [6, 6.07) is 13.3. The van der Waals surface area contributed by atoms with Crippen molar-refractivity contribution in [2.45, 2.75) is 18.6 Å². The van der Waals surface area contributed by atoms with E-state index in [1.807, 2.05) is 36.4 Å². The van der Waals surface area contributed by atoms with E-state index in [2.05, 4.69) is 10.3 Å². The zero-order valence-electron chi connectivity index (χ0n) is 15.5. The number of anilines is 1. The van der Waals surface area contributed by atoms with Crippen molar-refractivity contribution >= 4 is 40.1 Å². The standard InChI is InChI=1S/C20H19N3O4S/c1-3-27-19(26)15-11-21-20(28-2)23(18(15)25)12-17(24)22-16-10-6-8-13-7-4-5-9-14(13)16/h4-11H,3,12H2,1-2H3,(H,22,24). The van der Waals surface area contributed by atoms with E-state index in [-0.39, 0.29) is 18.7 Å². The normalized spacial score (nSPS) is 10.6. The highest BCUT2D eigenvalue weighted by Gasteiger charge is 2.19. The average Bonchev–Trinajstić information content (AvgIpc) is 2.70. The minimum absolute atomic E-state index is 0.143. The number of aromatic nitrogens is 2. The van der Waals surface area contributed by atoms with Crippen LogP contribution in [-0.2, 0) is 16.1 Å². The third-order valence-corrected chi connectivity index (χ3v) is 4.74. The van der Waals surface area contributed by atoms with Crippen molar-refractivity contribution in [3.05, 3.63) is 64.6 Å². The van der Waals surface area contributed by atoms with Crippen molar-refractivity contribution in [2.75, 3.05) is 18.2 Å². The summed E-state index contributed by atoms with van der Waals surface area (Å²) >= 11 is 1.21. The third-order valence-electron chi connectivity index (χ3n) is 4.05. The van der Waals surface area contributed by atoms with E-state index in [1.54, 1.807) is 19.2 Å². The molecule has 1 N–H and O–H groups in total. The highest BCUT2D eigenvalue weighted by Crippen LogP contribution is 2.23. The molecule has 0 unspecified atom stereocenters. The van der Waals surface area contributed by atoms with Crippen LogP contribution in [0.15, 0.2) is 58.6 Å². The molecule has 0 fully saturated rings. The molecule has 1 amide bonds. The number of carbonyl (C=O) groups excluding carboxylic acids is 2. The summed E-state index contributed by atoms with van der Waals surface area (Å²) < 4.78 is 6.06. The van der Waals surface area contributed by atoms with Crippen molar-refractivity contribution in [1.29, 1.82) is 0 Å². The van der Waals surface area contributed by atoms with Gasteiger partial charge in [0.25, 0.3) is 5.56 Å². The Kier molecular flexibility index (Phi) is 6.10. The van der Waals surface area contributed by atoms with Crippen LogP contribution >= 0.6 is 11.8 Å². The molecule has 0 spiro atoms. The number of hydrogen-bond donors (Lipinski definition) is 1. The molecule has 0 aliphatic heterocycles. The van der Waals surface area contributed by atoms with Crippen molar-refractivity contribution < 1.29 is 14.3 Å². The van der Waals surface area contributed by atoms with Crippen molar-refractivity contribution in [1.82, 2.24) is 9.55 Å². The van der Waals surface area contributed by atoms with Gasteiger partial charge >= 0.3 is 5.97 Å². The monoisotopic (exact) mass is 397 g/mol. The second-order valence-corrected chi connectivity index (χ2v) is 6.62. The molecule has 1 aromatic heterocycles. The molecular weight excluding hydrogens is 378 g/mol. The number of hydrogen-bond acceptors (Lipinski definition) is 6. The average molecular weight is 397 g/mol. The number of rotatable bonds is 6. The Labute approximate surface area is 165 Å². The predicted molar refractivity (Wildman–Crippen MR) is 109 cm³/mol. The fourth-order valence-corrected chi connectivity index (χ4v) is 3.32. The number of ether oxygens (including phenoxy) is 1. The Hall–Kier alpha value is -3.13. The molecule has 0 radical (unpaired) electrons. The van der Waals surface area contributed by atoms with Gasteiger partial charge in [-0.2, -0.15) is 0 Å². The van der Waals surface area contributed by atoms with Crippen molar-refractivity contribution in [3.63, 3.8) is 0 Å². The molecule has 2 aromatic carbocycles. The SMILES string of the molecule is CCOC(=O)c1cnc(SC)n(CC(=O)Nc2cccc3ccccc23)c1=O. The molecule has 7 nitrogen and oxygen atoms in total. The molecule has 3 aromatic rings. The van der Waals surface area contributed by atoms with Gasteiger partial charge in [-0.25, -0.2) is 9.78 Å². The largest absolute Gasteiger partial charge is 0.462 e. The summed E-state index contributed by atoms with van der Waals surface area (Å²) in [6.07, 6.45) is 2.93. The summed E-state index contributed by atoms with van der Waals surface area (Å²) in [7, 11) is 0. The lowest BCUT2D eigenvalue weighted by atomic mass is 10.1. The highest BCUT2D eigenvalue weighted by atomic mass is 32.2. The number of thioether (sulfide) groups is 1. The molecule has 0 atom stereocenters. The quantitative estimate of drug-likeness (QED) is 0.391. The van der Waals surface area contributed by atoms with Crippen molar-refractivity contribution in [3.8, 4) is 0 Å². The van der Waals surface area contributed by atoms with E-state index < -0.39 is 17.4 Å². The molecule has 28 heavy (non-hydrogen) atoms. The van der Waals surface area contributed by atoms with E-state index in [0.717, 1.165) is 10.8 Å². The van der Waals surface area contributed by atoms with Gasteiger partial charge in [0.15, 0.2) is 5.16 Å². The molecule has 1 heterocycles. The van der Waals surface area contributed by atoms with E-state index in [4.69, 9.17) is 4.74 Å². The van der Waals surface area contributed by atoms with E-state index in [9.17, 15) is 14.4 Å². The van der Waals surface area contributed by atoms with Gasteiger partial charge in [-0.15, -0.1) is 0 Å². The van der Waals surface area contributed by atoms with Gasteiger partial charge in [0.2, 0.25) is 5.91 Å².